The van der Waals surface area contributed by atoms with Crippen molar-refractivity contribution in [1.82, 2.24) is 4.72 Å². The molecule has 0 spiro atoms. The smallest absolute Gasteiger partial charge is 0.240 e. The fraction of sp³-hybridized carbons (Fsp3) is 0.562. The maximum absolute atomic E-state index is 12.4. The van der Waals surface area contributed by atoms with Gasteiger partial charge in [-0.05, 0) is 37.1 Å². The number of benzene rings is 1. The van der Waals surface area contributed by atoms with Gasteiger partial charge in [-0.3, -0.25) is 4.79 Å². The van der Waals surface area contributed by atoms with Crippen molar-refractivity contribution in [2.24, 2.45) is 5.73 Å². The zero-order valence-corrected chi connectivity index (χ0v) is 15.5. The van der Waals surface area contributed by atoms with Crippen LogP contribution in [0.15, 0.2) is 29.2 Å². The second-order valence-electron chi connectivity index (χ2n) is 6.31. The molecule has 0 unspecified atom stereocenters. The predicted octanol–water partition coefficient (Wildman–Crippen LogP) is 2.40. The Kier molecular flexibility index (Phi) is 7.66. The highest BCUT2D eigenvalue weighted by atomic mass is 35.5. The fourth-order valence-electron chi connectivity index (χ4n) is 2.85. The SMILES string of the molecule is CC(=O)Nc1ccc(S(=O)(=O)NCC2(N)CCCCCC2)cc1.Cl. The summed E-state index contributed by atoms with van der Waals surface area (Å²) in [6, 6.07) is 6.09. The summed E-state index contributed by atoms with van der Waals surface area (Å²) in [6.45, 7) is 1.66. The molecule has 1 aliphatic carbocycles. The van der Waals surface area contributed by atoms with Gasteiger partial charge >= 0.3 is 0 Å². The highest BCUT2D eigenvalue weighted by Crippen LogP contribution is 2.25. The van der Waals surface area contributed by atoms with Crippen molar-refractivity contribution >= 4 is 34.0 Å². The van der Waals surface area contributed by atoms with Crippen molar-refractivity contribution < 1.29 is 13.2 Å². The van der Waals surface area contributed by atoms with E-state index in [-0.39, 0.29) is 29.8 Å². The number of hydrogen-bond donors (Lipinski definition) is 3. The molecule has 2 rings (SSSR count). The molecule has 0 saturated heterocycles. The van der Waals surface area contributed by atoms with Gasteiger partial charge in [0.05, 0.1) is 4.90 Å². The number of carbonyl (C=O) groups is 1. The van der Waals surface area contributed by atoms with Crippen molar-refractivity contribution in [1.29, 1.82) is 0 Å². The number of anilines is 1. The van der Waals surface area contributed by atoms with Gasteiger partial charge in [0.2, 0.25) is 15.9 Å². The van der Waals surface area contributed by atoms with Crippen LogP contribution < -0.4 is 15.8 Å². The van der Waals surface area contributed by atoms with E-state index in [1.807, 2.05) is 0 Å². The third-order valence-electron chi connectivity index (χ3n) is 4.20. The summed E-state index contributed by atoms with van der Waals surface area (Å²) >= 11 is 0. The molecule has 1 amide bonds. The van der Waals surface area contributed by atoms with Crippen molar-refractivity contribution in [3.8, 4) is 0 Å². The lowest BCUT2D eigenvalue weighted by Gasteiger charge is -2.28. The zero-order chi connectivity index (χ0) is 16.9. The summed E-state index contributed by atoms with van der Waals surface area (Å²) in [5.41, 5.74) is 6.46. The molecule has 0 aliphatic heterocycles. The van der Waals surface area contributed by atoms with Crippen LogP contribution >= 0.6 is 12.4 Å². The Morgan fingerprint density at radius 2 is 1.67 bits per heavy atom. The third kappa shape index (κ3) is 6.05. The first kappa shape index (κ1) is 20.9. The summed E-state index contributed by atoms with van der Waals surface area (Å²) in [5.74, 6) is -0.197. The second kappa shape index (κ2) is 8.80. The average molecular weight is 376 g/mol. The topological polar surface area (TPSA) is 101 Å². The summed E-state index contributed by atoms with van der Waals surface area (Å²) in [5, 5.41) is 2.61. The lowest BCUT2D eigenvalue weighted by molar-refractivity contribution is -0.114. The van der Waals surface area contributed by atoms with Crippen molar-refractivity contribution in [2.75, 3.05) is 11.9 Å². The Morgan fingerprint density at radius 3 is 2.17 bits per heavy atom. The Balaban J connectivity index is 0.00000288. The van der Waals surface area contributed by atoms with Crippen LogP contribution in [0, 0.1) is 0 Å². The van der Waals surface area contributed by atoms with E-state index in [1.165, 1.54) is 19.1 Å². The molecule has 1 aromatic rings. The molecule has 0 aromatic heterocycles. The van der Waals surface area contributed by atoms with Gasteiger partial charge in [-0.1, -0.05) is 25.7 Å². The molecule has 136 valence electrons. The van der Waals surface area contributed by atoms with Crippen LogP contribution in [0.1, 0.15) is 45.4 Å². The van der Waals surface area contributed by atoms with Gasteiger partial charge in [0.25, 0.3) is 0 Å². The minimum absolute atomic E-state index is 0. The first-order valence-corrected chi connectivity index (χ1v) is 9.45. The van der Waals surface area contributed by atoms with E-state index in [0.717, 1.165) is 38.5 Å². The van der Waals surface area contributed by atoms with E-state index in [0.29, 0.717) is 5.69 Å². The van der Waals surface area contributed by atoms with Crippen LogP contribution in [0.2, 0.25) is 0 Å². The van der Waals surface area contributed by atoms with E-state index in [4.69, 9.17) is 5.73 Å². The van der Waals surface area contributed by atoms with Crippen LogP contribution in [-0.2, 0) is 14.8 Å². The van der Waals surface area contributed by atoms with Gasteiger partial charge in [0.1, 0.15) is 0 Å². The maximum atomic E-state index is 12.4. The summed E-state index contributed by atoms with van der Waals surface area (Å²) in [7, 11) is -3.60. The molecule has 0 radical (unpaired) electrons. The monoisotopic (exact) mass is 375 g/mol. The van der Waals surface area contributed by atoms with Crippen molar-refractivity contribution in [3.05, 3.63) is 24.3 Å². The number of sulfonamides is 1. The van der Waals surface area contributed by atoms with Crippen LogP contribution in [0.4, 0.5) is 5.69 Å². The number of hydrogen-bond acceptors (Lipinski definition) is 4. The third-order valence-corrected chi connectivity index (χ3v) is 5.62. The summed E-state index contributed by atoms with van der Waals surface area (Å²) in [6.07, 6.45) is 6.11. The van der Waals surface area contributed by atoms with E-state index in [2.05, 4.69) is 10.0 Å². The van der Waals surface area contributed by atoms with Gasteiger partial charge in [-0.15, -0.1) is 12.4 Å². The average Bonchev–Trinajstić information content (AvgIpc) is 2.71. The van der Waals surface area contributed by atoms with E-state index < -0.39 is 15.6 Å². The van der Waals surface area contributed by atoms with Gasteiger partial charge in [-0.25, -0.2) is 13.1 Å². The van der Waals surface area contributed by atoms with Gasteiger partial charge < -0.3 is 11.1 Å². The molecule has 4 N–H and O–H groups in total. The first-order valence-electron chi connectivity index (χ1n) is 7.97. The minimum atomic E-state index is -3.60. The maximum Gasteiger partial charge on any atom is 0.240 e. The van der Waals surface area contributed by atoms with Crippen molar-refractivity contribution in [3.63, 3.8) is 0 Å². The van der Waals surface area contributed by atoms with Crippen LogP contribution in [-0.4, -0.2) is 26.4 Å². The summed E-state index contributed by atoms with van der Waals surface area (Å²) in [4.78, 5) is 11.2. The van der Waals surface area contributed by atoms with Crippen molar-refractivity contribution in [2.45, 2.75) is 55.9 Å². The van der Waals surface area contributed by atoms with Gasteiger partial charge in [-0.2, -0.15) is 0 Å². The van der Waals surface area contributed by atoms with Crippen LogP contribution in [0.3, 0.4) is 0 Å². The van der Waals surface area contributed by atoms with Gasteiger partial charge in [0.15, 0.2) is 0 Å². The number of nitrogens with one attached hydrogen (secondary N) is 2. The van der Waals surface area contributed by atoms with Crippen LogP contribution in [0.5, 0.6) is 0 Å². The number of carbonyl (C=O) groups excluding carboxylic acids is 1. The molecular formula is C16H26ClN3O3S. The van der Waals surface area contributed by atoms with Crippen LogP contribution in [0.25, 0.3) is 0 Å². The molecule has 0 heterocycles. The molecular weight excluding hydrogens is 350 g/mol. The lowest BCUT2D eigenvalue weighted by atomic mass is 9.92. The number of halogens is 1. The lowest BCUT2D eigenvalue weighted by Crippen LogP contribution is -2.49. The molecule has 1 aromatic carbocycles. The molecule has 0 bridgehead atoms. The van der Waals surface area contributed by atoms with Gasteiger partial charge in [0, 0.05) is 24.7 Å². The van der Waals surface area contributed by atoms with E-state index in [9.17, 15) is 13.2 Å². The Labute approximate surface area is 150 Å². The molecule has 8 heteroatoms. The zero-order valence-electron chi connectivity index (χ0n) is 13.9. The fourth-order valence-corrected chi connectivity index (χ4v) is 3.99. The molecule has 1 fully saturated rings. The number of nitrogens with two attached hydrogens (primary N) is 1. The molecule has 6 nitrogen and oxygen atoms in total. The Bertz CT molecular complexity index is 639. The Morgan fingerprint density at radius 1 is 1.12 bits per heavy atom. The molecule has 1 saturated carbocycles. The van der Waals surface area contributed by atoms with E-state index >= 15 is 0 Å². The molecule has 0 atom stereocenters. The molecule has 24 heavy (non-hydrogen) atoms. The number of amides is 1. The standard InChI is InChI=1S/C16H25N3O3S.ClH/c1-13(20)19-14-6-8-15(9-7-14)23(21,22)18-12-16(17)10-4-2-3-5-11-16;/h6-9,18H,2-5,10-12,17H2,1H3,(H,19,20);1H. The highest BCUT2D eigenvalue weighted by molar-refractivity contribution is 7.89. The normalized spacial score (nSPS) is 17.4. The number of rotatable bonds is 5. The molecule has 1 aliphatic rings. The van der Waals surface area contributed by atoms with E-state index in [1.54, 1.807) is 12.1 Å². The quantitative estimate of drug-likeness (QED) is 0.687. The summed E-state index contributed by atoms with van der Waals surface area (Å²) < 4.78 is 27.4. The highest BCUT2D eigenvalue weighted by Gasteiger charge is 2.28. The second-order valence-corrected chi connectivity index (χ2v) is 8.07. The predicted molar refractivity (Wildman–Crippen MR) is 97.8 cm³/mol. The minimum Gasteiger partial charge on any atom is -0.326 e. The first-order chi connectivity index (χ1) is 10.8. The largest absolute Gasteiger partial charge is 0.326 e. The Hall–Kier alpha value is -1.15.